The summed E-state index contributed by atoms with van der Waals surface area (Å²) in [6.07, 6.45) is 9.35. The molecule has 2 fully saturated rings. The number of fused-ring (bicyclic) bond motifs is 1. The van der Waals surface area contributed by atoms with Crippen molar-refractivity contribution in [1.82, 2.24) is 14.2 Å². The molecule has 1 unspecified atom stereocenters. The number of piperidine rings is 2. The van der Waals surface area contributed by atoms with Gasteiger partial charge in [-0.1, -0.05) is 24.3 Å². The summed E-state index contributed by atoms with van der Waals surface area (Å²) in [4.78, 5) is 22.1. The van der Waals surface area contributed by atoms with E-state index >= 15 is 0 Å². The number of amides is 1. The van der Waals surface area contributed by atoms with E-state index in [0.29, 0.717) is 17.4 Å². The highest BCUT2D eigenvalue weighted by Crippen LogP contribution is 2.43. The highest BCUT2D eigenvalue weighted by Gasteiger charge is 2.39. The number of sulfonamides is 1. The van der Waals surface area contributed by atoms with Crippen molar-refractivity contribution in [3.05, 3.63) is 95.1 Å². The third kappa shape index (κ3) is 5.62. The number of anilines is 1. The zero-order valence-electron chi connectivity index (χ0n) is 23.5. The van der Waals surface area contributed by atoms with Gasteiger partial charge in [-0.25, -0.2) is 12.8 Å². The lowest BCUT2D eigenvalue weighted by Crippen LogP contribution is -2.48. The van der Waals surface area contributed by atoms with Crippen LogP contribution >= 0.6 is 0 Å². The molecule has 1 atom stereocenters. The third-order valence-corrected chi connectivity index (χ3v) is 11.4. The number of aromatic nitrogens is 1. The van der Waals surface area contributed by atoms with Crippen molar-refractivity contribution < 1.29 is 17.6 Å². The molecule has 7 nitrogen and oxygen atoms in total. The van der Waals surface area contributed by atoms with Gasteiger partial charge in [-0.3, -0.25) is 9.78 Å². The van der Waals surface area contributed by atoms with Gasteiger partial charge in [0.25, 0.3) is 5.91 Å². The molecule has 3 aromatic rings. The molecule has 0 saturated carbocycles. The summed E-state index contributed by atoms with van der Waals surface area (Å²) >= 11 is 0. The van der Waals surface area contributed by atoms with Crippen molar-refractivity contribution >= 4 is 21.6 Å². The first kappa shape index (κ1) is 27.8. The molecule has 41 heavy (non-hydrogen) atoms. The Bertz CT molecular complexity index is 1510. The number of carbonyl (C=O) groups excluding carboxylic acids is 1. The first-order valence-corrected chi connectivity index (χ1v) is 16.1. The summed E-state index contributed by atoms with van der Waals surface area (Å²) in [7, 11) is -2.20. The monoisotopic (exact) mass is 576 g/mol. The van der Waals surface area contributed by atoms with Gasteiger partial charge in [0.05, 0.1) is 5.75 Å². The number of halogens is 1. The molecule has 0 bridgehead atoms. The number of nitrogens with zero attached hydrogens (tertiary/aromatic N) is 4. The Balaban J connectivity index is 1.10. The van der Waals surface area contributed by atoms with Crippen LogP contribution in [0.5, 0.6) is 0 Å². The maximum Gasteiger partial charge on any atom is 0.253 e. The Kier molecular flexibility index (Phi) is 7.59. The van der Waals surface area contributed by atoms with Crippen molar-refractivity contribution in [2.75, 3.05) is 38.1 Å². The van der Waals surface area contributed by atoms with Gasteiger partial charge in [-0.2, -0.15) is 4.31 Å². The molecular formula is C32H37FN4O3S. The quantitative estimate of drug-likeness (QED) is 0.404. The van der Waals surface area contributed by atoms with Crippen LogP contribution in [0.2, 0.25) is 0 Å². The second-order valence-electron chi connectivity index (χ2n) is 11.8. The van der Waals surface area contributed by atoms with Crippen LogP contribution in [0.25, 0.3) is 0 Å². The van der Waals surface area contributed by atoms with Gasteiger partial charge in [-0.15, -0.1) is 0 Å². The Hall–Kier alpha value is -3.30. The van der Waals surface area contributed by atoms with Gasteiger partial charge < -0.3 is 9.80 Å². The molecule has 0 N–H and O–H groups in total. The van der Waals surface area contributed by atoms with Crippen LogP contribution in [0.4, 0.5) is 10.1 Å². The molecule has 2 aromatic carbocycles. The van der Waals surface area contributed by atoms with Crippen molar-refractivity contribution in [3.63, 3.8) is 0 Å². The predicted octanol–water partition coefficient (Wildman–Crippen LogP) is 5.19. The standard InChI is InChI=1S/C32H37FN4O3S/c1-35(41(39,40)23-26-4-2-3-5-29(26)33)30-9-8-24-6-7-25(22-28(24)30)31(38)37-20-14-32(15-21-37)12-18-36(19-13-32)27-10-16-34-17-11-27/h2-7,10-11,16-17,22,30H,8-9,12-15,18-21,23H2,1H3. The van der Waals surface area contributed by atoms with E-state index in [1.54, 1.807) is 19.2 Å². The largest absolute Gasteiger partial charge is 0.371 e. The fourth-order valence-electron chi connectivity index (χ4n) is 6.86. The van der Waals surface area contributed by atoms with E-state index in [1.807, 2.05) is 35.5 Å². The van der Waals surface area contributed by atoms with Gasteiger partial charge in [-0.05, 0) is 85.4 Å². The van der Waals surface area contributed by atoms with E-state index in [1.165, 1.54) is 22.1 Å². The summed E-state index contributed by atoms with van der Waals surface area (Å²) in [6.45, 7) is 3.53. The molecule has 216 valence electrons. The Morgan fingerprint density at radius 3 is 2.39 bits per heavy atom. The van der Waals surface area contributed by atoms with Gasteiger partial charge in [0.15, 0.2) is 0 Å². The molecule has 1 aliphatic carbocycles. The second-order valence-corrected chi connectivity index (χ2v) is 13.8. The average Bonchev–Trinajstić information content (AvgIpc) is 3.42. The smallest absolute Gasteiger partial charge is 0.253 e. The number of hydrogen-bond donors (Lipinski definition) is 0. The van der Waals surface area contributed by atoms with E-state index in [-0.39, 0.29) is 17.5 Å². The summed E-state index contributed by atoms with van der Waals surface area (Å²) < 4.78 is 42.0. The van der Waals surface area contributed by atoms with Crippen molar-refractivity contribution in [1.29, 1.82) is 0 Å². The highest BCUT2D eigenvalue weighted by molar-refractivity contribution is 7.88. The molecule has 1 amide bonds. The molecule has 0 radical (unpaired) electrons. The summed E-state index contributed by atoms with van der Waals surface area (Å²) in [5.41, 5.74) is 4.23. The minimum atomic E-state index is -3.76. The van der Waals surface area contributed by atoms with E-state index in [0.717, 1.165) is 69.4 Å². The van der Waals surface area contributed by atoms with Crippen LogP contribution in [0.1, 0.15) is 65.2 Å². The Morgan fingerprint density at radius 1 is 1.00 bits per heavy atom. The van der Waals surface area contributed by atoms with Crippen molar-refractivity contribution in [3.8, 4) is 0 Å². The topological polar surface area (TPSA) is 73.8 Å². The number of carbonyl (C=O) groups is 1. The van der Waals surface area contributed by atoms with Gasteiger partial charge in [0, 0.05) is 68.5 Å². The van der Waals surface area contributed by atoms with E-state index in [4.69, 9.17) is 0 Å². The number of aryl methyl sites for hydroxylation is 1. The number of rotatable bonds is 6. The fraction of sp³-hybridized carbons (Fsp3) is 0.438. The normalized spacial score (nSPS) is 20.4. The SMILES string of the molecule is CN(C1CCc2ccc(C(=O)N3CCC4(CC3)CCN(c3ccncc3)CC4)cc21)S(=O)(=O)Cc1ccccc1F. The van der Waals surface area contributed by atoms with E-state index in [9.17, 15) is 17.6 Å². The molecule has 3 aliphatic rings. The number of pyridine rings is 1. The molecule has 1 aromatic heterocycles. The van der Waals surface area contributed by atoms with Gasteiger partial charge in [0.1, 0.15) is 5.82 Å². The van der Waals surface area contributed by atoms with Crippen LogP contribution in [0, 0.1) is 11.2 Å². The summed E-state index contributed by atoms with van der Waals surface area (Å²) in [5, 5.41) is 0. The van der Waals surface area contributed by atoms with Gasteiger partial charge in [0.2, 0.25) is 10.0 Å². The second kappa shape index (κ2) is 11.2. The predicted molar refractivity (Wildman–Crippen MR) is 158 cm³/mol. The van der Waals surface area contributed by atoms with Gasteiger partial charge >= 0.3 is 0 Å². The van der Waals surface area contributed by atoms with Crippen molar-refractivity contribution in [2.45, 2.75) is 50.3 Å². The molecule has 6 rings (SSSR count). The lowest BCUT2D eigenvalue weighted by molar-refractivity contribution is 0.0515. The lowest BCUT2D eigenvalue weighted by Gasteiger charge is -2.47. The van der Waals surface area contributed by atoms with Crippen LogP contribution < -0.4 is 4.90 Å². The zero-order chi connectivity index (χ0) is 28.6. The zero-order valence-corrected chi connectivity index (χ0v) is 24.3. The first-order chi connectivity index (χ1) is 19.7. The molecule has 2 aliphatic heterocycles. The third-order valence-electron chi connectivity index (χ3n) is 9.58. The average molecular weight is 577 g/mol. The molecule has 2 saturated heterocycles. The first-order valence-electron chi connectivity index (χ1n) is 14.5. The molecule has 9 heteroatoms. The number of likely N-dealkylation sites (tertiary alicyclic amines) is 1. The minimum absolute atomic E-state index is 0.0133. The van der Waals surface area contributed by atoms with E-state index in [2.05, 4.69) is 22.0 Å². The Morgan fingerprint density at radius 2 is 1.68 bits per heavy atom. The van der Waals surface area contributed by atoms with Crippen LogP contribution in [0.15, 0.2) is 67.0 Å². The lowest BCUT2D eigenvalue weighted by atomic mass is 9.71. The molecular weight excluding hydrogens is 539 g/mol. The Labute approximate surface area is 242 Å². The maximum absolute atomic E-state index is 14.2. The van der Waals surface area contributed by atoms with Crippen LogP contribution in [-0.2, 0) is 22.2 Å². The number of hydrogen-bond acceptors (Lipinski definition) is 5. The van der Waals surface area contributed by atoms with Crippen molar-refractivity contribution in [2.24, 2.45) is 5.41 Å². The molecule has 1 spiro atoms. The minimum Gasteiger partial charge on any atom is -0.371 e. The number of benzene rings is 2. The maximum atomic E-state index is 14.2. The highest BCUT2D eigenvalue weighted by atomic mass is 32.2. The fourth-order valence-corrected chi connectivity index (χ4v) is 8.30. The van der Waals surface area contributed by atoms with Crippen LogP contribution in [0.3, 0.4) is 0 Å². The van der Waals surface area contributed by atoms with E-state index < -0.39 is 21.6 Å². The molecule has 3 heterocycles. The summed E-state index contributed by atoms with van der Waals surface area (Å²) in [6, 6.07) is 15.5. The summed E-state index contributed by atoms with van der Waals surface area (Å²) in [5.74, 6) is -0.901. The van der Waals surface area contributed by atoms with Crippen LogP contribution in [-0.4, -0.2) is 61.7 Å².